The zero-order valence-corrected chi connectivity index (χ0v) is 21.4. The highest BCUT2D eigenvalue weighted by Crippen LogP contribution is 2.34. The van der Waals surface area contributed by atoms with E-state index < -0.39 is 22.9 Å². The van der Waals surface area contributed by atoms with Crippen molar-refractivity contribution in [3.8, 4) is 28.8 Å². The lowest BCUT2D eigenvalue weighted by Crippen LogP contribution is -2.29. The van der Waals surface area contributed by atoms with E-state index in [2.05, 4.69) is 5.32 Å². The van der Waals surface area contributed by atoms with E-state index in [0.29, 0.717) is 22.6 Å². The summed E-state index contributed by atoms with van der Waals surface area (Å²) in [5.74, 6) is 0.493. The van der Waals surface area contributed by atoms with Crippen LogP contribution in [0.5, 0.6) is 11.5 Å². The van der Waals surface area contributed by atoms with Crippen LogP contribution in [0.25, 0.3) is 11.3 Å². The fourth-order valence-corrected chi connectivity index (χ4v) is 4.24. The Morgan fingerprint density at radius 2 is 1.72 bits per heavy atom. The Kier molecular flexibility index (Phi) is 7.58. The van der Waals surface area contributed by atoms with Gasteiger partial charge in [-0.1, -0.05) is 29.8 Å². The zero-order valence-electron chi connectivity index (χ0n) is 21.4. The molecular formula is C30H24F3N3O3. The lowest BCUT2D eigenvalue weighted by atomic mass is 10.0. The van der Waals surface area contributed by atoms with Crippen molar-refractivity contribution in [3.05, 3.63) is 117 Å². The van der Waals surface area contributed by atoms with Gasteiger partial charge in [-0.05, 0) is 79.1 Å². The smallest absolute Gasteiger partial charge is 0.417 e. The second kappa shape index (κ2) is 10.9. The van der Waals surface area contributed by atoms with Gasteiger partial charge in [0, 0.05) is 12.6 Å². The standard InChI is InChI=1S/C30H24F3N3O3/c1-18-7-8-22(19(2)13-18)17-36-27(15-26(30(31,32)33)25(16-34)29(36)38)20-9-11-23(12-10-20)39-24-6-4-5-21(14-24)28(37)35-3/h4-15H,17H2,1-3H3,(H,35,37). The summed E-state index contributed by atoms with van der Waals surface area (Å²) in [4.78, 5) is 25.1. The van der Waals surface area contributed by atoms with Crippen LogP contribution in [0.15, 0.2) is 77.6 Å². The molecule has 6 nitrogen and oxygen atoms in total. The number of hydrogen-bond donors (Lipinski definition) is 1. The third kappa shape index (κ3) is 5.85. The molecule has 1 N–H and O–H groups in total. The highest BCUT2D eigenvalue weighted by atomic mass is 19.4. The lowest BCUT2D eigenvalue weighted by molar-refractivity contribution is -0.137. The summed E-state index contributed by atoms with van der Waals surface area (Å²) >= 11 is 0. The molecule has 0 spiro atoms. The van der Waals surface area contributed by atoms with Crippen LogP contribution in [0.3, 0.4) is 0 Å². The monoisotopic (exact) mass is 531 g/mol. The summed E-state index contributed by atoms with van der Waals surface area (Å²) in [6, 6.07) is 20.6. The minimum absolute atomic E-state index is 0.0134. The SMILES string of the molecule is CNC(=O)c1cccc(Oc2ccc(-c3cc(C(F)(F)F)c(C#N)c(=O)n3Cc3ccc(C)cc3C)cc2)c1. The average molecular weight is 532 g/mol. The van der Waals surface area contributed by atoms with Crippen molar-refractivity contribution >= 4 is 5.91 Å². The quantitative estimate of drug-likeness (QED) is 0.320. The molecule has 0 unspecified atom stereocenters. The van der Waals surface area contributed by atoms with Crippen molar-refractivity contribution in [2.45, 2.75) is 26.6 Å². The van der Waals surface area contributed by atoms with E-state index in [1.807, 2.05) is 32.0 Å². The summed E-state index contributed by atoms with van der Waals surface area (Å²) in [5, 5.41) is 12.0. The molecule has 198 valence electrons. The maximum atomic E-state index is 13.9. The van der Waals surface area contributed by atoms with Gasteiger partial charge in [0.2, 0.25) is 0 Å². The van der Waals surface area contributed by atoms with E-state index in [4.69, 9.17) is 4.74 Å². The molecule has 1 aromatic heterocycles. The van der Waals surface area contributed by atoms with Crippen LogP contribution < -0.4 is 15.6 Å². The van der Waals surface area contributed by atoms with Crippen LogP contribution in [0.2, 0.25) is 0 Å². The number of ether oxygens (including phenoxy) is 1. The number of alkyl halides is 3. The first kappa shape index (κ1) is 27.2. The predicted molar refractivity (Wildman–Crippen MR) is 141 cm³/mol. The van der Waals surface area contributed by atoms with Gasteiger partial charge in [-0.25, -0.2) is 0 Å². The molecule has 3 aromatic carbocycles. The molecule has 1 heterocycles. The molecule has 0 atom stereocenters. The molecule has 4 aromatic rings. The van der Waals surface area contributed by atoms with E-state index in [0.717, 1.165) is 22.8 Å². The van der Waals surface area contributed by atoms with Crippen molar-refractivity contribution in [3.63, 3.8) is 0 Å². The normalized spacial score (nSPS) is 11.1. The molecular weight excluding hydrogens is 507 g/mol. The lowest BCUT2D eigenvalue weighted by Gasteiger charge is -2.19. The maximum Gasteiger partial charge on any atom is 0.417 e. The molecule has 0 saturated carbocycles. The molecule has 0 radical (unpaired) electrons. The van der Waals surface area contributed by atoms with Gasteiger partial charge >= 0.3 is 6.18 Å². The Bertz CT molecular complexity index is 1650. The first-order chi connectivity index (χ1) is 18.5. The fraction of sp³-hybridized carbons (Fsp3) is 0.167. The van der Waals surface area contributed by atoms with Gasteiger partial charge in [-0.15, -0.1) is 0 Å². The Morgan fingerprint density at radius 3 is 2.33 bits per heavy atom. The van der Waals surface area contributed by atoms with Gasteiger partial charge in [0.1, 0.15) is 23.1 Å². The second-order valence-electron chi connectivity index (χ2n) is 8.98. The van der Waals surface area contributed by atoms with Gasteiger partial charge in [-0.2, -0.15) is 18.4 Å². The molecule has 4 rings (SSSR count). The van der Waals surface area contributed by atoms with Crippen LogP contribution >= 0.6 is 0 Å². The van der Waals surface area contributed by atoms with Gasteiger partial charge in [-0.3, -0.25) is 9.59 Å². The molecule has 0 fully saturated rings. The minimum Gasteiger partial charge on any atom is -0.457 e. The van der Waals surface area contributed by atoms with Crippen molar-refractivity contribution in [1.82, 2.24) is 9.88 Å². The van der Waals surface area contributed by atoms with Crippen LogP contribution in [0.4, 0.5) is 13.2 Å². The largest absolute Gasteiger partial charge is 0.457 e. The van der Waals surface area contributed by atoms with Crippen molar-refractivity contribution in [1.29, 1.82) is 5.26 Å². The average Bonchev–Trinajstić information content (AvgIpc) is 2.90. The number of pyridine rings is 1. The van der Waals surface area contributed by atoms with E-state index >= 15 is 0 Å². The first-order valence-corrected chi connectivity index (χ1v) is 11.9. The number of nitriles is 1. The molecule has 0 saturated heterocycles. The summed E-state index contributed by atoms with van der Waals surface area (Å²) in [7, 11) is 1.52. The summed E-state index contributed by atoms with van der Waals surface area (Å²) in [5.41, 5.74) is 0.105. The number of aryl methyl sites for hydroxylation is 2. The van der Waals surface area contributed by atoms with Gasteiger partial charge in [0.05, 0.1) is 17.8 Å². The summed E-state index contributed by atoms with van der Waals surface area (Å²) < 4.78 is 48.6. The zero-order chi connectivity index (χ0) is 28.3. The van der Waals surface area contributed by atoms with Gasteiger partial charge < -0.3 is 14.6 Å². The van der Waals surface area contributed by atoms with E-state index in [9.17, 15) is 28.0 Å². The Morgan fingerprint density at radius 1 is 1.00 bits per heavy atom. The molecule has 9 heteroatoms. The third-order valence-electron chi connectivity index (χ3n) is 6.25. The molecule has 39 heavy (non-hydrogen) atoms. The minimum atomic E-state index is -4.89. The number of carbonyl (C=O) groups is 1. The Hall–Kier alpha value is -4.84. The van der Waals surface area contributed by atoms with E-state index in [1.54, 1.807) is 36.4 Å². The summed E-state index contributed by atoms with van der Waals surface area (Å²) in [6.07, 6.45) is -4.89. The van der Waals surface area contributed by atoms with Crippen molar-refractivity contribution in [2.75, 3.05) is 7.05 Å². The van der Waals surface area contributed by atoms with E-state index in [1.165, 1.54) is 29.8 Å². The number of halogens is 3. The fourth-order valence-electron chi connectivity index (χ4n) is 4.24. The number of aromatic nitrogens is 1. The number of carbonyl (C=O) groups excluding carboxylic acids is 1. The first-order valence-electron chi connectivity index (χ1n) is 11.9. The van der Waals surface area contributed by atoms with Crippen LogP contribution in [-0.2, 0) is 12.7 Å². The molecule has 0 aliphatic carbocycles. The summed E-state index contributed by atoms with van der Waals surface area (Å²) in [6.45, 7) is 3.75. The van der Waals surface area contributed by atoms with Crippen LogP contribution in [0.1, 0.15) is 38.2 Å². The number of benzene rings is 3. The topological polar surface area (TPSA) is 84.1 Å². The van der Waals surface area contributed by atoms with Crippen molar-refractivity contribution < 1.29 is 22.7 Å². The third-order valence-corrected chi connectivity index (χ3v) is 6.25. The molecule has 1 amide bonds. The molecule has 0 bridgehead atoms. The molecule has 0 aliphatic heterocycles. The van der Waals surface area contributed by atoms with Crippen LogP contribution in [-0.4, -0.2) is 17.5 Å². The number of hydrogen-bond acceptors (Lipinski definition) is 4. The van der Waals surface area contributed by atoms with E-state index in [-0.39, 0.29) is 18.1 Å². The van der Waals surface area contributed by atoms with Crippen LogP contribution in [0, 0.1) is 25.2 Å². The van der Waals surface area contributed by atoms with Gasteiger partial charge in [0.25, 0.3) is 11.5 Å². The predicted octanol–water partition coefficient (Wildman–Crippen LogP) is 6.22. The van der Waals surface area contributed by atoms with Gasteiger partial charge in [0.15, 0.2) is 0 Å². The number of rotatable bonds is 6. The Labute approximate surface area is 222 Å². The molecule has 0 aliphatic rings. The highest BCUT2D eigenvalue weighted by molar-refractivity contribution is 5.94. The number of amides is 1. The highest BCUT2D eigenvalue weighted by Gasteiger charge is 2.36. The Balaban J connectivity index is 1.79. The second-order valence-corrected chi connectivity index (χ2v) is 8.98. The number of nitrogens with one attached hydrogen (secondary N) is 1. The number of nitrogens with zero attached hydrogens (tertiary/aromatic N) is 2. The van der Waals surface area contributed by atoms with Crippen molar-refractivity contribution in [2.24, 2.45) is 0 Å². The maximum absolute atomic E-state index is 13.9.